The largest absolute Gasteiger partial charge is 0.472 e. The number of alkyl halides is 6. The average molecular weight is 414 g/mol. The number of halogens is 6. The third-order valence-electron chi connectivity index (χ3n) is 3.70. The molecule has 0 aromatic carbocycles. The second kappa shape index (κ2) is 7.60. The second-order valence-electron chi connectivity index (χ2n) is 5.37. The van der Waals surface area contributed by atoms with Gasteiger partial charge in [0, 0.05) is 11.6 Å². The number of furan rings is 1. The van der Waals surface area contributed by atoms with E-state index in [1.54, 1.807) is 0 Å². The van der Waals surface area contributed by atoms with Gasteiger partial charge in [-0.25, -0.2) is 9.59 Å². The minimum Gasteiger partial charge on any atom is -0.472 e. The first kappa shape index (κ1) is 21.4. The number of hydrogen-bond donors (Lipinski definition) is 0. The minimum absolute atomic E-state index is 0.153. The van der Waals surface area contributed by atoms with Gasteiger partial charge in [0.1, 0.15) is 5.76 Å². The summed E-state index contributed by atoms with van der Waals surface area (Å²) in [5.41, 5.74) is -3.48. The molecule has 12 heteroatoms. The van der Waals surface area contributed by atoms with Gasteiger partial charge in [-0.3, -0.25) is 0 Å². The van der Waals surface area contributed by atoms with Crippen LogP contribution in [-0.4, -0.2) is 44.6 Å². The Morgan fingerprint density at radius 1 is 1.11 bits per heavy atom. The van der Waals surface area contributed by atoms with Gasteiger partial charge in [-0.05, 0) is 12.1 Å². The Balaban J connectivity index is 2.82. The highest BCUT2D eigenvalue weighted by atomic mass is 19.4. The fourth-order valence-electron chi connectivity index (χ4n) is 2.61. The molecule has 0 bridgehead atoms. The molecule has 0 aliphatic carbocycles. The summed E-state index contributed by atoms with van der Waals surface area (Å²) in [5.74, 6) is -7.41. The average Bonchev–Trinajstić information content (AvgIpc) is 3.24. The molecule has 1 aliphatic rings. The van der Waals surface area contributed by atoms with Crippen LogP contribution >= 0.6 is 0 Å². The molecule has 28 heavy (non-hydrogen) atoms. The van der Waals surface area contributed by atoms with Crippen molar-refractivity contribution in [3.63, 3.8) is 0 Å². The summed E-state index contributed by atoms with van der Waals surface area (Å²) >= 11 is 0. The van der Waals surface area contributed by atoms with E-state index < -0.39 is 59.0 Å². The first-order chi connectivity index (χ1) is 12.9. The van der Waals surface area contributed by atoms with Gasteiger partial charge in [0.05, 0.1) is 32.0 Å². The lowest BCUT2D eigenvalue weighted by Crippen LogP contribution is -2.30. The summed E-state index contributed by atoms with van der Waals surface area (Å²) in [4.78, 5) is 23.3. The molecule has 6 nitrogen and oxygen atoms in total. The fraction of sp³-hybridized carbons (Fsp3) is 0.375. The van der Waals surface area contributed by atoms with E-state index in [-0.39, 0.29) is 6.08 Å². The van der Waals surface area contributed by atoms with Crippen LogP contribution in [0.1, 0.15) is 11.7 Å². The van der Waals surface area contributed by atoms with Crippen molar-refractivity contribution in [3.05, 3.63) is 47.1 Å². The number of hydrogen-bond acceptors (Lipinski definition) is 6. The molecule has 0 N–H and O–H groups in total. The van der Waals surface area contributed by atoms with E-state index in [1.807, 2.05) is 0 Å². The summed E-state index contributed by atoms with van der Waals surface area (Å²) in [6.45, 7) is 0. The monoisotopic (exact) mass is 414 g/mol. The predicted octanol–water partition coefficient (Wildman–Crippen LogP) is 3.41. The fourth-order valence-corrected chi connectivity index (χ4v) is 2.61. The highest BCUT2D eigenvalue weighted by molar-refractivity contribution is 5.85. The number of carbonyl (C=O) groups excluding carboxylic acids is 2. The number of carbonyl (C=O) groups is 2. The molecule has 1 aromatic heterocycles. The van der Waals surface area contributed by atoms with Gasteiger partial charge in [-0.2, -0.15) is 26.3 Å². The maximum Gasteiger partial charge on any atom is 0.449 e. The van der Waals surface area contributed by atoms with Crippen molar-refractivity contribution in [2.75, 3.05) is 14.2 Å². The van der Waals surface area contributed by atoms with Crippen molar-refractivity contribution in [1.82, 2.24) is 0 Å². The number of methoxy groups -OCH3 is 2. The number of allylic oxidation sites excluding steroid dienone is 2. The first-order valence-electron chi connectivity index (χ1n) is 7.38. The molecule has 0 saturated carbocycles. The molecule has 1 aromatic rings. The summed E-state index contributed by atoms with van der Waals surface area (Å²) in [6.07, 6.45) is -12.1. The topological polar surface area (TPSA) is 75.0 Å². The van der Waals surface area contributed by atoms with Gasteiger partial charge in [0.2, 0.25) is 11.9 Å². The molecule has 1 aliphatic heterocycles. The Labute approximate surface area is 153 Å². The van der Waals surface area contributed by atoms with E-state index in [2.05, 4.69) is 14.2 Å². The van der Waals surface area contributed by atoms with Crippen molar-refractivity contribution < 1.29 is 54.6 Å². The van der Waals surface area contributed by atoms with Crippen molar-refractivity contribution in [3.8, 4) is 0 Å². The maximum atomic E-state index is 13.6. The van der Waals surface area contributed by atoms with Gasteiger partial charge < -0.3 is 18.6 Å². The predicted molar refractivity (Wildman–Crippen MR) is 77.6 cm³/mol. The SMILES string of the molecule is COC(=O)/C=C(/C1=C(C(F)(F)F)O[C@H](C(=O)OC)[C@@H]1c1ccco1)C(F)(F)F. The summed E-state index contributed by atoms with van der Waals surface area (Å²) in [7, 11) is 1.57. The quantitative estimate of drug-likeness (QED) is 0.427. The van der Waals surface area contributed by atoms with E-state index in [9.17, 15) is 35.9 Å². The lowest BCUT2D eigenvalue weighted by atomic mass is 9.86. The maximum absolute atomic E-state index is 13.6. The van der Waals surface area contributed by atoms with E-state index in [4.69, 9.17) is 4.42 Å². The highest BCUT2D eigenvalue weighted by Crippen LogP contribution is 2.51. The summed E-state index contributed by atoms with van der Waals surface area (Å²) in [6, 6.07) is 2.26. The Kier molecular flexibility index (Phi) is 5.80. The molecule has 2 rings (SSSR count). The van der Waals surface area contributed by atoms with Crippen LogP contribution in [0.5, 0.6) is 0 Å². The molecular weight excluding hydrogens is 402 g/mol. The number of esters is 2. The van der Waals surface area contributed by atoms with Crippen LogP contribution in [0.3, 0.4) is 0 Å². The van der Waals surface area contributed by atoms with Crippen LogP contribution in [0, 0.1) is 0 Å². The standard InChI is InChI=1S/C16H12F6O6/c1-25-9(23)6-7(15(17,18)19)10-11(8-4-3-5-27-8)12(14(24)26-2)28-13(10)16(20,21)22/h3-6,11-12H,1-2H3/b7-6-/t11-,12+/m1/s1. The Bertz CT molecular complexity index is 803. The van der Waals surface area contributed by atoms with Gasteiger partial charge in [-0.1, -0.05) is 0 Å². The first-order valence-corrected chi connectivity index (χ1v) is 7.38. The molecule has 0 unspecified atom stereocenters. The Morgan fingerprint density at radius 2 is 1.75 bits per heavy atom. The molecule has 0 saturated heterocycles. The molecule has 0 fully saturated rings. The third-order valence-corrected chi connectivity index (χ3v) is 3.70. The lowest BCUT2D eigenvalue weighted by molar-refractivity contribution is -0.161. The molecule has 0 amide bonds. The van der Waals surface area contributed by atoms with Crippen molar-refractivity contribution in [1.29, 1.82) is 0 Å². The number of rotatable bonds is 4. The molecule has 0 spiro atoms. The van der Waals surface area contributed by atoms with Gasteiger partial charge >= 0.3 is 24.3 Å². The highest BCUT2D eigenvalue weighted by Gasteiger charge is 2.57. The lowest BCUT2D eigenvalue weighted by Gasteiger charge is -2.20. The van der Waals surface area contributed by atoms with Crippen molar-refractivity contribution in [2.24, 2.45) is 0 Å². The van der Waals surface area contributed by atoms with Gasteiger partial charge in [0.15, 0.2) is 0 Å². The molecule has 2 heterocycles. The number of ether oxygens (including phenoxy) is 3. The van der Waals surface area contributed by atoms with Gasteiger partial charge in [-0.15, -0.1) is 0 Å². The molecule has 2 atom stereocenters. The van der Waals surface area contributed by atoms with E-state index in [0.717, 1.165) is 26.5 Å². The van der Waals surface area contributed by atoms with Gasteiger partial charge in [0.25, 0.3) is 0 Å². The van der Waals surface area contributed by atoms with Crippen molar-refractivity contribution in [2.45, 2.75) is 24.4 Å². The summed E-state index contributed by atoms with van der Waals surface area (Å²) in [5, 5.41) is 0. The van der Waals surface area contributed by atoms with E-state index in [1.165, 1.54) is 6.07 Å². The molecule has 0 radical (unpaired) electrons. The minimum atomic E-state index is -5.42. The van der Waals surface area contributed by atoms with Crippen LogP contribution < -0.4 is 0 Å². The van der Waals surface area contributed by atoms with Crippen LogP contribution in [0.25, 0.3) is 0 Å². The Morgan fingerprint density at radius 3 is 2.18 bits per heavy atom. The summed E-state index contributed by atoms with van der Waals surface area (Å²) < 4.78 is 99.0. The van der Waals surface area contributed by atoms with Crippen molar-refractivity contribution >= 4 is 11.9 Å². The van der Waals surface area contributed by atoms with Crippen LogP contribution in [0.15, 0.2) is 45.8 Å². The Hall–Kier alpha value is -2.92. The van der Waals surface area contributed by atoms with Crippen LogP contribution in [0.4, 0.5) is 26.3 Å². The van der Waals surface area contributed by atoms with E-state index in [0.29, 0.717) is 0 Å². The normalized spacial score (nSPS) is 20.8. The smallest absolute Gasteiger partial charge is 0.449 e. The zero-order chi connectivity index (χ0) is 21.3. The second-order valence-corrected chi connectivity index (χ2v) is 5.37. The molecular formula is C16H12F6O6. The third kappa shape index (κ3) is 4.15. The van der Waals surface area contributed by atoms with Crippen LogP contribution in [-0.2, 0) is 23.8 Å². The zero-order valence-corrected chi connectivity index (χ0v) is 14.2. The van der Waals surface area contributed by atoms with E-state index >= 15 is 0 Å². The molecule has 154 valence electrons. The zero-order valence-electron chi connectivity index (χ0n) is 14.2. The van der Waals surface area contributed by atoms with Crippen LogP contribution in [0.2, 0.25) is 0 Å².